The van der Waals surface area contributed by atoms with Crippen molar-refractivity contribution in [2.75, 3.05) is 25.9 Å². The van der Waals surface area contributed by atoms with Crippen molar-refractivity contribution < 1.29 is 8.42 Å². The molecule has 1 rings (SSSR count). The van der Waals surface area contributed by atoms with Gasteiger partial charge < -0.3 is 5.32 Å². The minimum Gasteiger partial charge on any atom is -0.318 e. The Bertz CT molecular complexity index is 306. The Labute approximate surface area is 105 Å². The van der Waals surface area contributed by atoms with E-state index in [0.717, 1.165) is 19.4 Å². The molecule has 0 bridgehead atoms. The van der Waals surface area contributed by atoms with Crippen molar-refractivity contribution in [2.24, 2.45) is 0 Å². The molecule has 6 heteroatoms. The van der Waals surface area contributed by atoms with Crippen molar-refractivity contribution in [3.05, 3.63) is 12.7 Å². The summed E-state index contributed by atoms with van der Waals surface area (Å²) in [4.78, 5) is 0. The molecule has 1 heterocycles. The average Bonchev–Trinajstić information content (AvgIpc) is 2.64. The maximum atomic E-state index is 11.9. The van der Waals surface area contributed by atoms with Gasteiger partial charge >= 0.3 is 0 Å². The highest BCUT2D eigenvalue weighted by Gasteiger charge is 2.32. The second-order valence-electron chi connectivity index (χ2n) is 3.86. The maximum absolute atomic E-state index is 11.9. The zero-order valence-electron chi connectivity index (χ0n) is 9.68. The Morgan fingerprint density at radius 1 is 1.56 bits per heavy atom. The summed E-state index contributed by atoms with van der Waals surface area (Å²) in [5, 5.41) is 3.04. The Balaban J connectivity index is 0.00000225. The molecule has 1 aliphatic heterocycles. The van der Waals surface area contributed by atoms with Gasteiger partial charge in [0.15, 0.2) is 0 Å². The monoisotopic (exact) mass is 268 g/mol. The van der Waals surface area contributed by atoms with Crippen molar-refractivity contribution in [3.63, 3.8) is 0 Å². The second kappa shape index (κ2) is 7.27. The summed E-state index contributed by atoms with van der Waals surface area (Å²) >= 11 is 0. The van der Waals surface area contributed by atoms with Gasteiger partial charge in [-0.25, -0.2) is 8.42 Å². The van der Waals surface area contributed by atoms with Crippen LogP contribution in [0, 0.1) is 0 Å². The third kappa shape index (κ3) is 4.05. The highest BCUT2D eigenvalue weighted by molar-refractivity contribution is 7.89. The van der Waals surface area contributed by atoms with Crippen LogP contribution in [0.15, 0.2) is 12.7 Å². The molecule has 0 amide bonds. The molecule has 0 aliphatic carbocycles. The number of halogens is 1. The molecular weight excluding hydrogens is 248 g/mol. The summed E-state index contributed by atoms with van der Waals surface area (Å²) in [7, 11) is -1.22. The summed E-state index contributed by atoms with van der Waals surface area (Å²) in [6.07, 6.45) is 4.12. The SMILES string of the molecule is C=CCCS(=O)(=O)N1CCCC1CNC.Cl. The lowest BCUT2D eigenvalue weighted by Crippen LogP contribution is -2.41. The summed E-state index contributed by atoms with van der Waals surface area (Å²) in [5.74, 6) is 0.191. The largest absolute Gasteiger partial charge is 0.318 e. The van der Waals surface area contributed by atoms with E-state index in [2.05, 4.69) is 11.9 Å². The van der Waals surface area contributed by atoms with E-state index in [9.17, 15) is 8.42 Å². The minimum atomic E-state index is -3.07. The van der Waals surface area contributed by atoms with Gasteiger partial charge in [-0.05, 0) is 26.3 Å². The standard InChI is InChI=1S/C10H20N2O2S.ClH/c1-3-4-8-15(13,14)12-7-5-6-10(12)9-11-2;/h3,10-11H,1,4-9H2,2H3;1H. The highest BCUT2D eigenvalue weighted by Crippen LogP contribution is 2.21. The maximum Gasteiger partial charge on any atom is 0.214 e. The van der Waals surface area contributed by atoms with Crippen molar-refractivity contribution in [3.8, 4) is 0 Å². The quantitative estimate of drug-likeness (QED) is 0.731. The van der Waals surface area contributed by atoms with E-state index in [-0.39, 0.29) is 24.2 Å². The Morgan fingerprint density at radius 3 is 2.81 bits per heavy atom. The second-order valence-corrected chi connectivity index (χ2v) is 5.90. The first kappa shape index (κ1) is 15.9. The van der Waals surface area contributed by atoms with Gasteiger partial charge in [0.25, 0.3) is 0 Å². The molecule has 1 fully saturated rings. The molecule has 4 nitrogen and oxygen atoms in total. The van der Waals surface area contributed by atoms with Gasteiger partial charge in [-0.15, -0.1) is 19.0 Å². The number of hydrogen-bond acceptors (Lipinski definition) is 3. The van der Waals surface area contributed by atoms with Crippen LogP contribution in [0.25, 0.3) is 0 Å². The molecular formula is C10H21ClN2O2S. The van der Waals surface area contributed by atoms with Crippen LogP contribution in [0.5, 0.6) is 0 Å². The van der Waals surface area contributed by atoms with E-state index < -0.39 is 10.0 Å². The fraction of sp³-hybridized carbons (Fsp3) is 0.800. The van der Waals surface area contributed by atoms with Gasteiger partial charge in [0, 0.05) is 19.1 Å². The van der Waals surface area contributed by atoms with Crippen LogP contribution in [-0.2, 0) is 10.0 Å². The van der Waals surface area contributed by atoms with Gasteiger partial charge in [0.1, 0.15) is 0 Å². The van der Waals surface area contributed by atoms with Crippen LogP contribution in [0.4, 0.5) is 0 Å². The third-order valence-electron chi connectivity index (χ3n) is 2.70. The average molecular weight is 269 g/mol. The van der Waals surface area contributed by atoms with E-state index in [1.807, 2.05) is 7.05 Å². The Morgan fingerprint density at radius 2 is 2.25 bits per heavy atom. The van der Waals surface area contributed by atoms with Crippen LogP contribution < -0.4 is 5.32 Å². The molecule has 0 aromatic heterocycles. The summed E-state index contributed by atoms with van der Waals surface area (Å²) < 4.78 is 25.5. The van der Waals surface area contributed by atoms with Crippen molar-refractivity contribution in [1.29, 1.82) is 0 Å². The molecule has 1 unspecified atom stereocenters. The van der Waals surface area contributed by atoms with Crippen LogP contribution >= 0.6 is 12.4 Å². The van der Waals surface area contributed by atoms with E-state index >= 15 is 0 Å². The van der Waals surface area contributed by atoms with Gasteiger partial charge in [0.05, 0.1) is 5.75 Å². The molecule has 0 saturated carbocycles. The smallest absolute Gasteiger partial charge is 0.214 e. The number of allylic oxidation sites excluding steroid dienone is 1. The molecule has 0 spiro atoms. The number of nitrogens with one attached hydrogen (secondary N) is 1. The number of nitrogens with zero attached hydrogens (tertiary/aromatic N) is 1. The Kier molecular flexibility index (Phi) is 7.22. The molecule has 1 N–H and O–H groups in total. The van der Waals surface area contributed by atoms with Crippen LogP contribution in [-0.4, -0.2) is 44.7 Å². The first-order valence-electron chi connectivity index (χ1n) is 5.37. The number of sulfonamides is 1. The molecule has 0 radical (unpaired) electrons. The zero-order chi connectivity index (χ0) is 11.3. The summed E-state index contributed by atoms with van der Waals surface area (Å²) in [6.45, 7) is 4.97. The first-order valence-corrected chi connectivity index (χ1v) is 6.97. The van der Waals surface area contributed by atoms with Gasteiger partial charge in [-0.1, -0.05) is 6.08 Å². The Hall–Kier alpha value is -0.100. The van der Waals surface area contributed by atoms with E-state index in [1.165, 1.54) is 0 Å². The van der Waals surface area contributed by atoms with Gasteiger partial charge in [0.2, 0.25) is 10.0 Å². The van der Waals surface area contributed by atoms with Crippen molar-refractivity contribution in [1.82, 2.24) is 9.62 Å². The van der Waals surface area contributed by atoms with Crippen LogP contribution in [0.1, 0.15) is 19.3 Å². The molecule has 1 saturated heterocycles. The molecule has 0 aromatic carbocycles. The predicted octanol–water partition coefficient (Wildman–Crippen LogP) is 0.998. The van der Waals surface area contributed by atoms with Crippen LogP contribution in [0.2, 0.25) is 0 Å². The van der Waals surface area contributed by atoms with Gasteiger partial charge in [-0.2, -0.15) is 4.31 Å². The predicted molar refractivity (Wildman–Crippen MR) is 69.5 cm³/mol. The minimum absolute atomic E-state index is 0. The topological polar surface area (TPSA) is 49.4 Å². The molecule has 16 heavy (non-hydrogen) atoms. The van der Waals surface area contributed by atoms with E-state index in [1.54, 1.807) is 10.4 Å². The normalized spacial score (nSPS) is 21.7. The molecule has 0 aromatic rings. The molecule has 1 aliphatic rings. The number of hydrogen-bond donors (Lipinski definition) is 1. The highest BCUT2D eigenvalue weighted by atomic mass is 35.5. The summed E-state index contributed by atoms with van der Waals surface area (Å²) in [5.41, 5.74) is 0. The number of likely N-dealkylation sites (N-methyl/N-ethyl adjacent to an activating group) is 1. The third-order valence-corrected chi connectivity index (χ3v) is 4.65. The first-order chi connectivity index (χ1) is 7.11. The molecule has 96 valence electrons. The number of rotatable bonds is 6. The van der Waals surface area contributed by atoms with E-state index in [4.69, 9.17) is 0 Å². The van der Waals surface area contributed by atoms with E-state index in [0.29, 0.717) is 13.0 Å². The fourth-order valence-electron chi connectivity index (χ4n) is 1.96. The lowest BCUT2D eigenvalue weighted by atomic mass is 10.2. The lowest BCUT2D eigenvalue weighted by molar-refractivity contribution is 0.379. The van der Waals surface area contributed by atoms with Crippen molar-refractivity contribution in [2.45, 2.75) is 25.3 Å². The van der Waals surface area contributed by atoms with Gasteiger partial charge in [-0.3, -0.25) is 0 Å². The van der Waals surface area contributed by atoms with Crippen LogP contribution in [0.3, 0.4) is 0 Å². The lowest BCUT2D eigenvalue weighted by Gasteiger charge is -2.23. The molecule has 1 atom stereocenters. The zero-order valence-corrected chi connectivity index (χ0v) is 11.3. The summed E-state index contributed by atoms with van der Waals surface area (Å²) in [6, 6.07) is 0.143. The fourth-order valence-corrected chi connectivity index (χ4v) is 3.71. The van der Waals surface area contributed by atoms with Crippen molar-refractivity contribution >= 4 is 22.4 Å².